The Bertz CT molecular complexity index is 396. The third kappa shape index (κ3) is 2.90. The van der Waals surface area contributed by atoms with Gasteiger partial charge in [-0.3, -0.25) is 0 Å². The second-order valence-electron chi connectivity index (χ2n) is 4.74. The van der Waals surface area contributed by atoms with Crippen LogP contribution >= 0.6 is 15.9 Å². The van der Waals surface area contributed by atoms with Crippen molar-refractivity contribution in [3.8, 4) is 0 Å². The molecule has 1 fully saturated rings. The van der Waals surface area contributed by atoms with E-state index in [1.807, 2.05) is 6.07 Å². The number of rotatable bonds is 2. The monoisotopic (exact) mass is 298 g/mol. The average Bonchev–Trinajstić information content (AvgIpc) is 2.28. The number of hydrogen-bond acceptors (Lipinski definition) is 4. The van der Waals surface area contributed by atoms with Crippen LogP contribution in [0.3, 0.4) is 0 Å². The molecule has 4 nitrogen and oxygen atoms in total. The molecule has 0 saturated carbocycles. The molecule has 1 unspecified atom stereocenters. The minimum atomic E-state index is 0.504. The lowest BCUT2D eigenvalue weighted by Gasteiger charge is -2.36. The van der Waals surface area contributed by atoms with Gasteiger partial charge in [-0.1, -0.05) is 0 Å². The fourth-order valence-electron chi connectivity index (χ4n) is 2.37. The molecule has 17 heavy (non-hydrogen) atoms. The smallest absolute Gasteiger partial charge is 0.151 e. The first-order valence-electron chi connectivity index (χ1n) is 5.90. The van der Waals surface area contributed by atoms with Crippen molar-refractivity contribution in [2.45, 2.75) is 18.9 Å². The molecule has 0 amide bonds. The standard InChI is InChI=1S/C12H19BrN4/c1-16-5-3-4-10(8-16)17(2)12-11(14)6-9(13)7-15-12/h6-7,10H,3-5,8,14H2,1-2H3. The Hall–Kier alpha value is -0.810. The van der Waals surface area contributed by atoms with E-state index < -0.39 is 0 Å². The average molecular weight is 299 g/mol. The summed E-state index contributed by atoms with van der Waals surface area (Å²) in [4.78, 5) is 8.98. The number of aromatic nitrogens is 1. The minimum Gasteiger partial charge on any atom is -0.396 e. The van der Waals surface area contributed by atoms with E-state index in [-0.39, 0.29) is 0 Å². The third-order valence-corrected chi connectivity index (χ3v) is 3.78. The van der Waals surface area contributed by atoms with Gasteiger partial charge in [0.15, 0.2) is 5.82 Å². The number of anilines is 2. The van der Waals surface area contributed by atoms with Crippen molar-refractivity contribution in [2.24, 2.45) is 0 Å². The van der Waals surface area contributed by atoms with Gasteiger partial charge >= 0.3 is 0 Å². The Morgan fingerprint density at radius 1 is 1.59 bits per heavy atom. The SMILES string of the molecule is CN1CCCC(N(C)c2ncc(Br)cc2N)C1. The van der Waals surface area contributed by atoms with Crippen LogP contribution in [0.25, 0.3) is 0 Å². The Balaban J connectivity index is 2.15. The fraction of sp³-hybridized carbons (Fsp3) is 0.583. The first kappa shape index (κ1) is 12.6. The van der Waals surface area contributed by atoms with Crippen LogP contribution in [0.4, 0.5) is 11.5 Å². The quantitative estimate of drug-likeness (QED) is 0.907. The van der Waals surface area contributed by atoms with Crippen LogP contribution < -0.4 is 10.6 Å². The summed E-state index contributed by atoms with van der Waals surface area (Å²) < 4.78 is 0.924. The van der Waals surface area contributed by atoms with Crippen LogP contribution in [-0.4, -0.2) is 43.1 Å². The lowest BCUT2D eigenvalue weighted by atomic mass is 10.1. The van der Waals surface area contributed by atoms with Gasteiger partial charge < -0.3 is 15.5 Å². The molecule has 94 valence electrons. The molecule has 1 saturated heterocycles. The Morgan fingerprint density at radius 3 is 3.00 bits per heavy atom. The molecule has 0 spiro atoms. The van der Waals surface area contributed by atoms with Gasteiger partial charge in [-0.15, -0.1) is 0 Å². The van der Waals surface area contributed by atoms with E-state index in [0.717, 1.165) is 22.5 Å². The highest BCUT2D eigenvalue weighted by molar-refractivity contribution is 9.10. The zero-order valence-electron chi connectivity index (χ0n) is 10.4. The molecule has 2 N–H and O–H groups in total. The van der Waals surface area contributed by atoms with Crippen LogP contribution in [-0.2, 0) is 0 Å². The van der Waals surface area contributed by atoms with E-state index in [2.05, 4.69) is 44.8 Å². The summed E-state index contributed by atoms with van der Waals surface area (Å²) >= 11 is 3.38. The number of halogens is 1. The Labute approximate surface area is 111 Å². The first-order chi connectivity index (χ1) is 8.08. The fourth-order valence-corrected chi connectivity index (χ4v) is 2.72. The molecule has 5 heteroatoms. The minimum absolute atomic E-state index is 0.504. The van der Waals surface area contributed by atoms with Crippen LogP contribution in [0.15, 0.2) is 16.7 Å². The number of piperidine rings is 1. The van der Waals surface area contributed by atoms with E-state index in [1.165, 1.54) is 19.4 Å². The molecular formula is C12H19BrN4. The summed E-state index contributed by atoms with van der Waals surface area (Å²) in [5.41, 5.74) is 6.75. The first-order valence-corrected chi connectivity index (χ1v) is 6.69. The molecule has 1 aromatic rings. The van der Waals surface area contributed by atoms with E-state index in [1.54, 1.807) is 6.20 Å². The summed E-state index contributed by atoms with van der Waals surface area (Å²) in [7, 11) is 4.24. The molecule has 1 aliphatic heterocycles. The highest BCUT2D eigenvalue weighted by Gasteiger charge is 2.23. The molecule has 1 aliphatic rings. The summed E-state index contributed by atoms with van der Waals surface area (Å²) in [5.74, 6) is 0.883. The maximum atomic E-state index is 6.02. The predicted molar refractivity (Wildman–Crippen MR) is 75.3 cm³/mol. The highest BCUT2D eigenvalue weighted by Crippen LogP contribution is 2.26. The number of nitrogens with zero attached hydrogens (tertiary/aromatic N) is 3. The van der Waals surface area contributed by atoms with Crippen LogP contribution in [0.1, 0.15) is 12.8 Å². The largest absolute Gasteiger partial charge is 0.396 e. The van der Waals surface area contributed by atoms with Crippen molar-refractivity contribution in [2.75, 3.05) is 37.8 Å². The molecule has 1 aromatic heterocycles. The van der Waals surface area contributed by atoms with Crippen LogP contribution in [0.2, 0.25) is 0 Å². The maximum Gasteiger partial charge on any atom is 0.151 e. The lowest BCUT2D eigenvalue weighted by Crippen LogP contribution is -2.45. The number of nitrogens with two attached hydrogens (primary N) is 1. The number of hydrogen-bond donors (Lipinski definition) is 1. The molecular weight excluding hydrogens is 280 g/mol. The van der Waals surface area contributed by atoms with E-state index in [0.29, 0.717) is 6.04 Å². The van der Waals surface area contributed by atoms with Crippen molar-refractivity contribution in [1.82, 2.24) is 9.88 Å². The summed E-state index contributed by atoms with van der Waals surface area (Å²) in [5, 5.41) is 0. The van der Waals surface area contributed by atoms with Crippen molar-refractivity contribution >= 4 is 27.4 Å². The normalized spacial score (nSPS) is 21.5. The number of likely N-dealkylation sites (tertiary alicyclic amines) is 1. The van der Waals surface area contributed by atoms with Gasteiger partial charge in [-0.25, -0.2) is 4.98 Å². The Kier molecular flexibility index (Phi) is 3.89. The number of nitrogen functional groups attached to an aromatic ring is 1. The molecule has 0 aromatic carbocycles. The van der Waals surface area contributed by atoms with Gasteiger partial charge in [-0.2, -0.15) is 0 Å². The Morgan fingerprint density at radius 2 is 2.35 bits per heavy atom. The lowest BCUT2D eigenvalue weighted by molar-refractivity contribution is 0.247. The third-order valence-electron chi connectivity index (χ3n) is 3.34. The van der Waals surface area contributed by atoms with Gasteiger partial charge in [-0.05, 0) is 48.4 Å². The molecule has 0 radical (unpaired) electrons. The van der Waals surface area contributed by atoms with Crippen LogP contribution in [0, 0.1) is 0 Å². The second-order valence-corrected chi connectivity index (χ2v) is 5.65. The molecule has 2 heterocycles. The zero-order chi connectivity index (χ0) is 12.4. The van der Waals surface area contributed by atoms with Gasteiger partial charge in [0, 0.05) is 30.3 Å². The molecule has 0 aliphatic carbocycles. The van der Waals surface area contributed by atoms with Gasteiger partial charge in [0.05, 0.1) is 5.69 Å². The van der Waals surface area contributed by atoms with Gasteiger partial charge in [0.1, 0.15) is 0 Å². The van der Waals surface area contributed by atoms with Crippen molar-refractivity contribution in [3.63, 3.8) is 0 Å². The zero-order valence-corrected chi connectivity index (χ0v) is 11.9. The van der Waals surface area contributed by atoms with E-state index in [4.69, 9.17) is 5.73 Å². The van der Waals surface area contributed by atoms with Crippen molar-refractivity contribution < 1.29 is 0 Å². The van der Waals surface area contributed by atoms with E-state index in [9.17, 15) is 0 Å². The summed E-state index contributed by atoms with van der Waals surface area (Å²) in [6, 6.07) is 2.41. The van der Waals surface area contributed by atoms with Gasteiger partial charge in [0.25, 0.3) is 0 Å². The number of likely N-dealkylation sites (N-methyl/N-ethyl adjacent to an activating group) is 2. The van der Waals surface area contributed by atoms with Gasteiger partial charge in [0.2, 0.25) is 0 Å². The molecule has 2 rings (SSSR count). The van der Waals surface area contributed by atoms with Crippen molar-refractivity contribution in [3.05, 3.63) is 16.7 Å². The summed E-state index contributed by atoms with van der Waals surface area (Å²) in [6.45, 7) is 2.27. The van der Waals surface area contributed by atoms with Crippen molar-refractivity contribution in [1.29, 1.82) is 0 Å². The molecule has 0 bridgehead atoms. The predicted octanol–water partition coefficient (Wildman–Crippen LogP) is 1.96. The highest BCUT2D eigenvalue weighted by atomic mass is 79.9. The van der Waals surface area contributed by atoms with E-state index >= 15 is 0 Å². The van der Waals surface area contributed by atoms with Crippen LogP contribution in [0.5, 0.6) is 0 Å². The molecule has 1 atom stereocenters. The second kappa shape index (κ2) is 5.23. The maximum absolute atomic E-state index is 6.02. The number of pyridine rings is 1. The summed E-state index contributed by atoms with van der Waals surface area (Å²) in [6.07, 6.45) is 4.24. The topological polar surface area (TPSA) is 45.4 Å².